The lowest BCUT2D eigenvalue weighted by Gasteiger charge is -2.38. The molecule has 1 fully saturated rings. The zero-order valence-electron chi connectivity index (χ0n) is 29.1. The van der Waals surface area contributed by atoms with Crippen molar-refractivity contribution in [1.29, 1.82) is 0 Å². The molecule has 252 valence electrons. The molecule has 0 aliphatic carbocycles. The van der Waals surface area contributed by atoms with E-state index in [2.05, 4.69) is 23.1 Å². The Morgan fingerprint density at radius 1 is 0.915 bits per heavy atom. The number of carbonyl (C=O) groups is 2. The van der Waals surface area contributed by atoms with E-state index in [-0.39, 0.29) is 24.1 Å². The van der Waals surface area contributed by atoms with Gasteiger partial charge in [0.25, 0.3) is 0 Å². The van der Waals surface area contributed by atoms with Crippen molar-refractivity contribution in [2.45, 2.75) is 91.8 Å². The summed E-state index contributed by atoms with van der Waals surface area (Å²) in [6.45, 7) is 16.2. The molecule has 0 spiro atoms. The van der Waals surface area contributed by atoms with Gasteiger partial charge in [0, 0.05) is 38.9 Å². The summed E-state index contributed by atoms with van der Waals surface area (Å²) in [6.07, 6.45) is 0.828. The first-order valence-electron chi connectivity index (χ1n) is 16.5. The Balaban J connectivity index is 1.28. The number of pyridine rings is 1. The molecule has 2 aliphatic rings. The number of amides is 1. The van der Waals surface area contributed by atoms with Gasteiger partial charge >= 0.3 is 12.1 Å². The Labute approximate surface area is 279 Å². The minimum atomic E-state index is -0.541. The van der Waals surface area contributed by atoms with Gasteiger partial charge in [0.2, 0.25) is 0 Å². The topological polar surface area (TPSA) is 90.4 Å². The molecule has 0 N–H and O–H groups in total. The predicted molar refractivity (Wildman–Crippen MR) is 182 cm³/mol. The van der Waals surface area contributed by atoms with Crippen LogP contribution < -0.4 is 9.64 Å². The van der Waals surface area contributed by atoms with Crippen LogP contribution >= 0.6 is 0 Å². The molecule has 0 bridgehead atoms. The van der Waals surface area contributed by atoms with Crippen molar-refractivity contribution in [3.8, 4) is 17.0 Å². The van der Waals surface area contributed by atoms with Crippen LogP contribution in [0.4, 0.5) is 10.6 Å². The third-order valence-corrected chi connectivity index (χ3v) is 8.44. The third kappa shape index (κ3) is 8.63. The molecule has 9 heteroatoms. The zero-order valence-corrected chi connectivity index (χ0v) is 29.1. The van der Waals surface area contributed by atoms with Gasteiger partial charge in [-0.15, -0.1) is 0 Å². The number of hydrogen-bond donors (Lipinski definition) is 0. The number of esters is 1. The number of fused-ring (bicyclic) bond motifs is 1. The number of para-hydroxylation sites is 1. The molecule has 2 aliphatic heterocycles. The molecule has 1 aromatic heterocycles. The number of piperidine rings is 1. The normalized spacial score (nSPS) is 18.4. The van der Waals surface area contributed by atoms with Crippen LogP contribution in [0.15, 0.2) is 54.6 Å². The lowest BCUT2D eigenvalue weighted by Crippen LogP contribution is -2.49. The highest BCUT2D eigenvalue weighted by Crippen LogP contribution is 2.35. The van der Waals surface area contributed by atoms with Gasteiger partial charge in [0.05, 0.1) is 17.7 Å². The number of aromatic nitrogens is 1. The number of benzene rings is 2. The SMILES string of the molecule is CO[C@@H]1CN(c2cccc(-c3cccc(C)c3OCc3ccc4c(c3)CCN(C(=O)OC(C)(C)C)C4)n2)CC[C@@H]1C(=O)OC(C)(C)C. The number of carbonyl (C=O) groups excluding carboxylic acids is 2. The van der Waals surface area contributed by atoms with Gasteiger partial charge in [-0.3, -0.25) is 4.79 Å². The summed E-state index contributed by atoms with van der Waals surface area (Å²) in [6, 6.07) is 18.5. The highest BCUT2D eigenvalue weighted by molar-refractivity contribution is 5.74. The second kappa shape index (κ2) is 13.9. The van der Waals surface area contributed by atoms with E-state index >= 15 is 0 Å². The number of ether oxygens (including phenoxy) is 4. The molecule has 1 amide bonds. The van der Waals surface area contributed by atoms with E-state index in [0.717, 1.165) is 45.9 Å². The Kier molecular flexibility index (Phi) is 10.2. The van der Waals surface area contributed by atoms with Crippen LogP contribution in [-0.2, 0) is 38.6 Å². The fraction of sp³-hybridized carbons (Fsp3) is 0.500. The maximum Gasteiger partial charge on any atom is 0.410 e. The van der Waals surface area contributed by atoms with Gasteiger partial charge in [-0.2, -0.15) is 0 Å². The summed E-state index contributed by atoms with van der Waals surface area (Å²) in [5.41, 5.74) is 5.15. The van der Waals surface area contributed by atoms with E-state index in [4.69, 9.17) is 23.9 Å². The van der Waals surface area contributed by atoms with Gasteiger partial charge in [-0.25, -0.2) is 9.78 Å². The number of anilines is 1. The Hall–Kier alpha value is -4.11. The highest BCUT2D eigenvalue weighted by Gasteiger charge is 2.37. The van der Waals surface area contributed by atoms with Crippen molar-refractivity contribution in [3.63, 3.8) is 0 Å². The monoisotopic (exact) mass is 643 g/mol. The molecule has 5 rings (SSSR count). The maximum atomic E-state index is 12.9. The smallest absolute Gasteiger partial charge is 0.410 e. The maximum absolute atomic E-state index is 12.9. The van der Waals surface area contributed by atoms with Crippen molar-refractivity contribution in [2.24, 2.45) is 5.92 Å². The van der Waals surface area contributed by atoms with Crippen LogP contribution in [0.5, 0.6) is 5.75 Å². The minimum Gasteiger partial charge on any atom is -0.488 e. The fourth-order valence-corrected chi connectivity index (χ4v) is 6.14. The predicted octanol–water partition coefficient (Wildman–Crippen LogP) is 7.11. The van der Waals surface area contributed by atoms with Crippen LogP contribution in [0.3, 0.4) is 0 Å². The van der Waals surface area contributed by atoms with Crippen molar-refractivity contribution in [3.05, 3.63) is 76.9 Å². The molecule has 0 radical (unpaired) electrons. The molecule has 2 aromatic carbocycles. The summed E-state index contributed by atoms with van der Waals surface area (Å²) in [5.74, 6) is 1.09. The molecule has 9 nitrogen and oxygen atoms in total. The Bertz CT molecular complexity index is 1590. The van der Waals surface area contributed by atoms with Crippen LogP contribution in [0.1, 0.15) is 70.2 Å². The molecular weight excluding hydrogens is 594 g/mol. The van der Waals surface area contributed by atoms with Crippen LogP contribution in [0, 0.1) is 12.8 Å². The molecule has 0 saturated carbocycles. The zero-order chi connectivity index (χ0) is 33.9. The first kappa shape index (κ1) is 34.2. The van der Waals surface area contributed by atoms with Gasteiger partial charge in [0.15, 0.2) is 0 Å². The quantitative estimate of drug-likeness (QED) is 0.252. The summed E-state index contributed by atoms with van der Waals surface area (Å²) in [4.78, 5) is 34.5. The molecule has 0 unspecified atom stereocenters. The average Bonchev–Trinajstić information content (AvgIpc) is 3.01. The van der Waals surface area contributed by atoms with E-state index in [1.165, 1.54) is 5.56 Å². The van der Waals surface area contributed by atoms with Gasteiger partial charge < -0.3 is 28.7 Å². The number of hydrogen-bond acceptors (Lipinski definition) is 8. The number of aryl methyl sites for hydroxylation is 1. The van der Waals surface area contributed by atoms with Crippen molar-refractivity contribution < 1.29 is 28.5 Å². The highest BCUT2D eigenvalue weighted by atomic mass is 16.6. The van der Waals surface area contributed by atoms with Crippen LogP contribution in [0.2, 0.25) is 0 Å². The summed E-state index contributed by atoms with van der Waals surface area (Å²) < 4.78 is 23.5. The molecule has 1 saturated heterocycles. The molecule has 3 aromatic rings. The molecule has 3 heterocycles. The van der Waals surface area contributed by atoms with E-state index in [0.29, 0.717) is 39.2 Å². The summed E-state index contributed by atoms with van der Waals surface area (Å²) >= 11 is 0. The second-order valence-electron chi connectivity index (χ2n) is 14.5. The van der Waals surface area contributed by atoms with Crippen molar-refractivity contribution in [2.75, 3.05) is 31.6 Å². The minimum absolute atomic E-state index is 0.214. The second-order valence-corrected chi connectivity index (χ2v) is 14.5. The lowest BCUT2D eigenvalue weighted by molar-refractivity contribution is -0.165. The van der Waals surface area contributed by atoms with E-state index in [9.17, 15) is 9.59 Å². The standard InChI is InChI=1S/C38H49N3O6/c1-25-11-9-12-29(31-13-10-14-33(39-31)40-20-18-30(32(23-40)44-8)35(42)46-37(2,3)4)34(25)45-24-26-15-16-28-22-41(19-17-27(28)21-26)36(43)47-38(5,6)7/h9-16,21,30,32H,17-20,22-24H2,1-8H3/t30-,32+/m0/s1. The Morgan fingerprint density at radius 3 is 2.38 bits per heavy atom. The average molecular weight is 644 g/mol. The van der Waals surface area contributed by atoms with Crippen LogP contribution in [0.25, 0.3) is 11.3 Å². The largest absolute Gasteiger partial charge is 0.488 e. The van der Waals surface area contributed by atoms with E-state index < -0.39 is 11.2 Å². The third-order valence-electron chi connectivity index (χ3n) is 8.44. The van der Waals surface area contributed by atoms with Crippen molar-refractivity contribution >= 4 is 17.9 Å². The number of rotatable bonds is 7. The van der Waals surface area contributed by atoms with Gasteiger partial charge in [-0.1, -0.05) is 36.4 Å². The fourth-order valence-electron chi connectivity index (χ4n) is 6.14. The summed E-state index contributed by atoms with van der Waals surface area (Å²) in [7, 11) is 1.65. The molecule has 2 atom stereocenters. The first-order chi connectivity index (χ1) is 22.2. The molecular formula is C38H49N3O6. The number of nitrogens with zero attached hydrogens (tertiary/aromatic N) is 3. The van der Waals surface area contributed by atoms with Crippen molar-refractivity contribution in [1.82, 2.24) is 9.88 Å². The first-order valence-corrected chi connectivity index (χ1v) is 16.5. The van der Waals surface area contributed by atoms with Crippen LogP contribution in [-0.4, -0.2) is 66.0 Å². The van der Waals surface area contributed by atoms with E-state index in [1.54, 1.807) is 12.0 Å². The molecule has 47 heavy (non-hydrogen) atoms. The lowest BCUT2D eigenvalue weighted by atomic mass is 9.93. The Morgan fingerprint density at radius 2 is 1.66 bits per heavy atom. The number of methoxy groups -OCH3 is 1. The van der Waals surface area contributed by atoms with Gasteiger partial charge in [0.1, 0.15) is 29.4 Å². The summed E-state index contributed by atoms with van der Waals surface area (Å²) in [5, 5.41) is 0. The van der Waals surface area contributed by atoms with Gasteiger partial charge in [-0.05, 0) is 102 Å². The van der Waals surface area contributed by atoms with E-state index in [1.807, 2.05) is 84.9 Å².